The summed E-state index contributed by atoms with van der Waals surface area (Å²) in [6, 6.07) is 8.64. The van der Waals surface area contributed by atoms with Gasteiger partial charge in [0.25, 0.3) is 5.56 Å². The lowest BCUT2D eigenvalue weighted by atomic mass is 10.2. The first kappa shape index (κ1) is 20.5. The summed E-state index contributed by atoms with van der Waals surface area (Å²) in [5, 5.41) is 4.39. The molecule has 2 aromatic heterocycles. The number of aromatic nitrogens is 2. The Balaban J connectivity index is 1.77. The molecule has 1 aromatic carbocycles. The van der Waals surface area contributed by atoms with Gasteiger partial charge >= 0.3 is 0 Å². The Hall–Kier alpha value is -2.25. The van der Waals surface area contributed by atoms with Crippen molar-refractivity contribution in [1.29, 1.82) is 0 Å². The number of carbonyl (C=O) groups excluding carboxylic acids is 1. The molecule has 148 valence electrons. The molecule has 0 saturated carbocycles. The molecule has 0 saturated heterocycles. The minimum atomic E-state index is -0.151. The molecule has 0 aliphatic carbocycles. The molecule has 3 rings (SSSR count). The van der Waals surface area contributed by atoms with Gasteiger partial charge in [0, 0.05) is 11.6 Å². The highest BCUT2D eigenvalue weighted by Crippen LogP contribution is 2.21. The third-order valence-corrected chi connectivity index (χ3v) is 5.45. The van der Waals surface area contributed by atoms with Gasteiger partial charge in [-0.05, 0) is 36.8 Å². The van der Waals surface area contributed by atoms with Gasteiger partial charge in [0.15, 0.2) is 5.16 Å². The van der Waals surface area contributed by atoms with Gasteiger partial charge in [0.1, 0.15) is 5.76 Å². The molecule has 0 spiro atoms. The summed E-state index contributed by atoms with van der Waals surface area (Å²) in [5.74, 6) is 0.697. The van der Waals surface area contributed by atoms with Crippen LogP contribution in [0.15, 0.2) is 51.0 Å². The first-order valence-corrected chi connectivity index (χ1v) is 10.6. The summed E-state index contributed by atoms with van der Waals surface area (Å²) in [4.78, 5) is 29.7. The van der Waals surface area contributed by atoms with Crippen molar-refractivity contribution in [3.05, 3.63) is 57.7 Å². The Morgan fingerprint density at radius 1 is 1.32 bits per heavy atom. The van der Waals surface area contributed by atoms with Crippen molar-refractivity contribution < 1.29 is 9.21 Å². The zero-order valence-electron chi connectivity index (χ0n) is 15.6. The third-order valence-electron chi connectivity index (χ3n) is 4.24. The van der Waals surface area contributed by atoms with Crippen LogP contribution in [0.5, 0.6) is 0 Å². The van der Waals surface area contributed by atoms with Crippen LogP contribution in [0, 0.1) is 0 Å². The summed E-state index contributed by atoms with van der Waals surface area (Å²) in [6.07, 6.45) is 4.53. The number of fused-ring (bicyclic) bond motifs is 1. The third kappa shape index (κ3) is 5.17. The molecular weight excluding hydrogens is 398 g/mol. The summed E-state index contributed by atoms with van der Waals surface area (Å²) in [7, 11) is 0. The smallest absolute Gasteiger partial charge is 0.262 e. The number of furan rings is 1. The predicted molar refractivity (Wildman–Crippen MR) is 112 cm³/mol. The van der Waals surface area contributed by atoms with Crippen LogP contribution in [-0.2, 0) is 17.9 Å². The average molecular weight is 420 g/mol. The van der Waals surface area contributed by atoms with Crippen LogP contribution < -0.4 is 10.9 Å². The number of unbranched alkanes of at least 4 members (excludes halogenated alkanes) is 2. The van der Waals surface area contributed by atoms with E-state index in [9.17, 15) is 9.59 Å². The molecule has 0 aliphatic heterocycles. The number of hydrogen-bond donors (Lipinski definition) is 1. The van der Waals surface area contributed by atoms with Crippen LogP contribution in [0.1, 0.15) is 31.9 Å². The second-order valence-corrected chi connectivity index (χ2v) is 7.74. The molecular formula is C20H22ClN3O3S. The molecule has 3 aromatic rings. The van der Waals surface area contributed by atoms with Crippen molar-refractivity contribution in [2.45, 2.75) is 44.4 Å². The van der Waals surface area contributed by atoms with Gasteiger partial charge in [0.05, 0.1) is 29.5 Å². The van der Waals surface area contributed by atoms with Crippen LogP contribution in [-0.4, -0.2) is 21.2 Å². The molecule has 8 heteroatoms. The number of carbonyl (C=O) groups is 1. The molecule has 0 radical (unpaired) electrons. The fourth-order valence-corrected chi connectivity index (χ4v) is 3.80. The molecule has 0 atom stereocenters. The Kier molecular flexibility index (Phi) is 7.17. The first-order valence-electron chi connectivity index (χ1n) is 9.20. The minimum absolute atomic E-state index is 0.101. The van der Waals surface area contributed by atoms with Crippen LogP contribution in [0.25, 0.3) is 10.9 Å². The van der Waals surface area contributed by atoms with Crippen LogP contribution in [0.2, 0.25) is 5.02 Å². The molecule has 1 amide bonds. The summed E-state index contributed by atoms with van der Waals surface area (Å²) >= 11 is 7.31. The normalized spacial score (nSPS) is 11.1. The van der Waals surface area contributed by atoms with E-state index in [2.05, 4.69) is 17.2 Å². The number of rotatable bonds is 9. The van der Waals surface area contributed by atoms with E-state index < -0.39 is 0 Å². The van der Waals surface area contributed by atoms with Gasteiger partial charge in [0.2, 0.25) is 5.91 Å². The predicted octanol–water partition coefficient (Wildman–Crippen LogP) is 4.24. The second kappa shape index (κ2) is 9.80. The Morgan fingerprint density at radius 3 is 2.93 bits per heavy atom. The Labute approximate surface area is 172 Å². The van der Waals surface area contributed by atoms with E-state index in [-0.39, 0.29) is 17.2 Å². The van der Waals surface area contributed by atoms with Gasteiger partial charge in [-0.2, -0.15) is 0 Å². The molecule has 2 heterocycles. The summed E-state index contributed by atoms with van der Waals surface area (Å²) in [5.41, 5.74) is 0.444. The lowest BCUT2D eigenvalue weighted by Crippen LogP contribution is -2.26. The highest BCUT2D eigenvalue weighted by molar-refractivity contribution is 7.99. The number of thioether (sulfide) groups is 1. The summed E-state index contributed by atoms with van der Waals surface area (Å²) < 4.78 is 6.87. The van der Waals surface area contributed by atoms with Crippen LogP contribution >= 0.6 is 23.4 Å². The van der Waals surface area contributed by atoms with E-state index in [4.69, 9.17) is 16.0 Å². The van der Waals surface area contributed by atoms with E-state index >= 15 is 0 Å². The first-order chi connectivity index (χ1) is 13.6. The number of halogens is 1. The van der Waals surface area contributed by atoms with Crippen LogP contribution in [0.4, 0.5) is 0 Å². The van der Waals surface area contributed by atoms with Crippen molar-refractivity contribution in [2.24, 2.45) is 0 Å². The number of nitrogens with zero attached hydrogens (tertiary/aromatic N) is 2. The monoisotopic (exact) mass is 419 g/mol. The van der Waals surface area contributed by atoms with Crippen molar-refractivity contribution in [3.63, 3.8) is 0 Å². The highest BCUT2D eigenvalue weighted by Gasteiger charge is 2.14. The van der Waals surface area contributed by atoms with Crippen molar-refractivity contribution in [1.82, 2.24) is 14.9 Å². The van der Waals surface area contributed by atoms with E-state index in [0.29, 0.717) is 39.9 Å². The lowest BCUT2D eigenvalue weighted by Gasteiger charge is -2.13. The quantitative estimate of drug-likeness (QED) is 0.319. The lowest BCUT2D eigenvalue weighted by molar-refractivity contribution is -0.118. The maximum Gasteiger partial charge on any atom is 0.262 e. The Morgan fingerprint density at radius 2 is 2.18 bits per heavy atom. The Bertz CT molecular complexity index is 1000. The topological polar surface area (TPSA) is 77.1 Å². The molecule has 0 unspecified atom stereocenters. The zero-order valence-corrected chi connectivity index (χ0v) is 17.2. The minimum Gasteiger partial charge on any atom is -0.467 e. The van der Waals surface area contributed by atoms with Crippen molar-refractivity contribution >= 4 is 40.2 Å². The molecule has 28 heavy (non-hydrogen) atoms. The maximum atomic E-state index is 12.9. The van der Waals surface area contributed by atoms with E-state index in [1.165, 1.54) is 11.8 Å². The SMILES string of the molecule is CCCCCn1c(SCC(=O)NCc2ccco2)nc2cc(Cl)ccc2c1=O. The average Bonchev–Trinajstić information content (AvgIpc) is 3.20. The van der Waals surface area contributed by atoms with Crippen molar-refractivity contribution in [3.8, 4) is 0 Å². The van der Waals surface area contributed by atoms with Gasteiger partial charge in [-0.1, -0.05) is 43.1 Å². The number of nitrogens with one attached hydrogen (secondary N) is 1. The highest BCUT2D eigenvalue weighted by atomic mass is 35.5. The zero-order chi connectivity index (χ0) is 19.9. The van der Waals surface area contributed by atoms with Gasteiger partial charge in [-0.25, -0.2) is 4.98 Å². The fraction of sp³-hybridized carbons (Fsp3) is 0.350. The number of benzene rings is 1. The molecule has 0 aliphatic rings. The number of amides is 1. The molecule has 6 nitrogen and oxygen atoms in total. The second-order valence-electron chi connectivity index (χ2n) is 6.36. The van der Waals surface area contributed by atoms with E-state index in [0.717, 1.165) is 19.3 Å². The van der Waals surface area contributed by atoms with E-state index in [1.807, 2.05) is 0 Å². The number of hydrogen-bond acceptors (Lipinski definition) is 5. The van der Waals surface area contributed by atoms with Gasteiger partial charge in [-0.3, -0.25) is 14.2 Å². The molecule has 1 N–H and O–H groups in total. The van der Waals surface area contributed by atoms with Gasteiger partial charge < -0.3 is 9.73 Å². The van der Waals surface area contributed by atoms with Crippen LogP contribution in [0.3, 0.4) is 0 Å². The van der Waals surface area contributed by atoms with Crippen molar-refractivity contribution in [2.75, 3.05) is 5.75 Å². The standard InChI is InChI=1S/C20H22ClN3O3S/c1-2-3-4-9-24-19(26)16-8-7-14(21)11-17(16)23-20(24)28-13-18(25)22-12-15-6-5-10-27-15/h5-8,10-11H,2-4,9,12-13H2,1H3,(H,22,25). The van der Waals surface area contributed by atoms with Gasteiger partial charge in [-0.15, -0.1) is 0 Å². The molecule has 0 fully saturated rings. The largest absolute Gasteiger partial charge is 0.467 e. The van der Waals surface area contributed by atoms with E-state index in [1.54, 1.807) is 41.2 Å². The fourth-order valence-electron chi connectivity index (χ4n) is 2.78. The summed E-state index contributed by atoms with van der Waals surface area (Å²) in [6.45, 7) is 3.02. The maximum absolute atomic E-state index is 12.9. The molecule has 0 bridgehead atoms.